The van der Waals surface area contributed by atoms with Gasteiger partial charge in [-0.25, -0.2) is 0 Å². The smallest absolute Gasteiger partial charge is 0.227 e. The third-order valence-corrected chi connectivity index (χ3v) is 4.72. The lowest BCUT2D eigenvalue weighted by molar-refractivity contribution is -0.127. The highest BCUT2D eigenvalue weighted by molar-refractivity contribution is 5.78. The molecule has 3 nitrogen and oxygen atoms in total. The van der Waals surface area contributed by atoms with E-state index in [1.807, 2.05) is 13.8 Å². The van der Waals surface area contributed by atoms with Gasteiger partial charge in [0.2, 0.25) is 5.91 Å². The van der Waals surface area contributed by atoms with E-state index in [0.29, 0.717) is 12.2 Å². The van der Waals surface area contributed by atoms with Crippen molar-refractivity contribution in [3.05, 3.63) is 72.1 Å². The molecule has 1 fully saturated rings. The van der Waals surface area contributed by atoms with Crippen molar-refractivity contribution in [2.24, 2.45) is 0 Å². The number of hydrogen-bond acceptors (Lipinski definition) is 2. The summed E-state index contributed by atoms with van der Waals surface area (Å²) in [5.74, 6) is 0.780. The molecule has 2 aromatic rings. The highest BCUT2D eigenvalue weighted by Gasteiger charge is 2.23. The van der Waals surface area contributed by atoms with Crippen LogP contribution in [0.3, 0.4) is 0 Å². The van der Waals surface area contributed by atoms with E-state index in [4.69, 9.17) is 0 Å². The molecule has 1 aliphatic rings. The van der Waals surface area contributed by atoms with Gasteiger partial charge in [0, 0.05) is 13.5 Å². The minimum absolute atomic E-state index is 0.112. The van der Waals surface area contributed by atoms with E-state index in [1.165, 1.54) is 22.3 Å². The summed E-state index contributed by atoms with van der Waals surface area (Å²) in [6.45, 7) is 10.1. The predicted octanol–water partition coefficient (Wildman–Crippen LogP) is 5.30. The Morgan fingerprint density at radius 3 is 2.46 bits per heavy atom. The molecule has 0 aromatic heterocycles. The second-order valence-electron chi connectivity index (χ2n) is 6.31. The normalized spacial score (nSPS) is 17.1. The molecule has 26 heavy (non-hydrogen) atoms. The van der Waals surface area contributed by atoms with E-state index in [-0.39, 0.29) is 11.9 Å². The molecule has 1 heterocycles. The molecule has 1 atom stereocenters. The summed E-state index contributed by atoms with van der Waals surface area (Å²) in [7, 11) is 1.77. The molecule has 1 unspecified atom stereocenters. The topological polar surface area (TPSA) is 32.3 Å². The molecule has 1 saturated heterocycles. The quantitative estimate of drug-likeness (QED) is 0.815. The van der Waals surface area contributed by atoms with Crippen molar-refractivity contribution in [3.63, 3.8) is 0 Å². The fourth-order valence-electron chi connectivity index (χ4n) is 3.11. The molecule has 0 aliphatic carbocycles. The SMILES string of the molecule is C=C1NC(c2cccc(-c3cccc(CC)c3)c2)CCC(=O)N1C.CC. The fourth-order valence-corrected chi connectivity index (χ4v) is 3.11. The number of benzene rings is 2. The van der Waals surface area contributed by atoms with Gasteiger partial charge in [0.1, 0.15) is 5.82 Å². The lowest BCUT2D eigenvalue weighted by Gasteiger charge is -2.21. The van der Waals surface area contributed by atoms with Crippen LogP contribution in [0.25, 0.3) is 11.1 Å². The molecule has 3 rings (SSSR count). The molecule has 0 saturated carbocycles. The Morgan fingerprint density at radius 1 is 1.12 bits per heavy atom. The summed E-state index contributed by atoms with van der Waals surface area (Å²) in [6.07, 6.45) is 2.34. The molecule has 138 valence electrons. The van der Waals surface area contributed by atoms with Crippen LogP contribution < -0.4 is 5.32 Å². The zero-order valence-electron chi connectivity index (χ0n) is 16.4. The van der Waals surface area contributed by atoms with Gasteiger partial charge in [-0.3, -0.25) is 4.79 Å². The number of carbonyl (C=O) groups excluding carboxylic acids is 1. The van der Waals surface area contributed by atoms with Gasteiger partial charge in [-0.15, -0.1) is 0 Å². The zero-order chi connectivity index (χ0) is 19.1. The van der Waals surface area contributed by atoms with Crippen LogP contribution in [0.5, 0.6) is 0 Å². The number of nitrogens with one attached hydrogen (secondary N) is 1. The Kier molecular flexibility index (Phi) is 7.02. The Bertz CT molecular complexity index is 766. The van der Waals surface area contributed by atoms with Gasteiger partial charge in [0.05, 0.1) is 6.04 Å². The van der Waals surface area contributed by atoms with Crippen LogP contribution in [0.1, 0.15) is 50.8 Å². The van der Waals surface area contributed by atoms with E-state index in [9.17, 15) is 4.79 Å². The largest absolute Gasteiger partial charge is 0.365 e. The minimum atomic E-state index is 0.112. The van der Waals surface area contributed by atoms with Crippen molar-refractivity contribution in [1.82, 2.24) is 10.2 Å². The van der Waals surface area contributed by atoms with E-state index < -0.39 is 0 Å². The van der Waals surface area contributed by atoms with Crippen molar-refractivity contribution in [3.8, 4) is 11.1 Å². The van der Waals surface area contributed by atoms with Gasteiger partial charge in [-0.2, -0.15) is 0 Å². The second-order valence-corrected chi connectivity index (χ2v) is 6.31. The number of carbonyl (C=O) groups is 1. The lowest BCUT2D eigenvalue weighted by atomic mass is 9.96. The second kappa shape index (κ2) is 9.23. The van der Waals surface area contributed by atoms with Crippen molar-refractivity contribution >= 4 is 5.91 Å². The van der Waals surface area contributed by atoms with E-state index in [1.54, 1.807) is 11.9 Å². The predicted molar refractivity (Wildman–Crippen MR) is 110 cm³/mol. The highest BCUT2D eigenvalue weighted by atomic mass is 16.2. The third-order valence-electron chi connectivity index (χ3n) is 4.72. The number of aryl methyl sites for hydroxylation is 1. The summed E-state index contributed by atoms with van der Waals surface area (Å²) < 4.78 is 0. The number of nitrogens with zero attached hydrogens (tertiary/aromatic N) is 1. The van der Waals surface area contributed by atoms with Crippen LogP contribution in [-0.4, -0.2) is 17.9 Å². The highest BCUT2D eigenvalue weighted by Crippen LogP contribution is 2.28. The molecule has 0 spiro atoms. The number of hydrogen-bond donors (Lipinski definition) is 1. The maximum absolute atomic E-state index is 12.0. The first-order valence-electron chi connectivity index (χ1n) is 9.49. The van der Waals surface area contributed by atoms with E-state index >= 15 is 0 Å². The van der Waals surface area contributed by atoms with Gasteiger partial charge in [0.15, 0.2) is 0 Å². The molecule has 0 bridgehead atoms. The van der Waals surface area contributed by atoms with Crippen LogP contribution >= 0.6 is 0 Å². The maximum atomic E-state index is 12.0. The zero-order valence-corrected chi connectivity index (χ0v) is 16.4. The first-order valence-corrected chi connectivity index (χ1v) is 9.49. The summed E-state index contributed by atoms with van der Waals surface area (Å²) in [5.41, 5.74) is 4.97. The van der Waals surface area contributed by atoms with Gasteiger partial charge in [-0.1, -0.05) is 69.8 Å². The summed E-state index contributed by atoms with van der Waals surface area (Å²) in [5, 5.41) is 3.39. The maximum Gasteiger partial charge on any atom is 0.227 e. The molecular weight excluding hydrogens is 320 g/mol. The minimum Gasteiger partial charge on any atom is -0.365 e. The Labute approximate surface area is 157 Å². The van der Waals surface area contributed by atoms with Gasteiger partial charge in [0.25, 0.3) is 0 Å². The van der Waals surface area contributed by atoms with Gasteiger partial charge in [-0.05, 0) is 41.2 Å². The van der Waals surface area contributed by atoms with Crippen molar-refractivity contribution in [2.45, 2.75) is 46.1 Å². The summed E-state index contributed by atoms with van der Waals surface area (Å²) >= 11 is 0. The first-order chi connectivity index (χ1) is 12.6. The molecule has 2 aromatic carbocycles. The fraction of sp³-hybridized carbons (Fsp3) is 0.348. The standard InChI is InChI=1S/C21H24N2O.C2H6/c1-4-16-7-5-8-17(13-16)18-9-6-10-19(14-18)20-11-12-21(24)23(3)15(2)22-20;1-2/h5-10,13-14,20,22H,2,4,11-12H2,1,3H3;1-2H3. The van der Waals surface area contributed by atoms with Crippen LogP contribution in [0.2, 0.25) is 0 Å². The lowest BCUT2D eigenvalue weighted by Crippen LogP contribution is -2.30. The van der Waals surface area contributed by atoms with E-state index in [2.05, 4.69) is 67.4 Å². The summed E-state index contributed by atoms with van der Waals surface area (Å²) in [6, 6.07) is 17.3. The van der Waals surface area contributed by atoms with E-state index in [0.717, 1.165) is 12.8 Å². The van der Waals surface area contributed by atoms with Gasteiger partial charge >= 0.3 is 0 Å². The molecule has 1 N–H and O–H groups in total. The molecule has 3 heteroatoms. The average molecular weight is 351 g/mol. The Morgan fingerprint density at radius 2 is 1.77 bits per heavy atom. The van der Waals surface area contributed by atoms with Crippen LogP contribution in [-0.2, 0) is 11.2 Å². The monoisotopic (exact) mass is 350 g/mol. The Balaban J connectivity index is 0.00000117. The van der Waals surface area contributed by atoms with Gasteiger partial charge < -0.3 is 10.2 Å². The van der Waals surface area contributed by atoms with Crippen LogP contribution in [0.15, 0.2) is 60.9 Å². The van der Waals surface area contributed by atoms with Crippen molar-refractivity contribution < 1.29 is 4.79 Å². The van der Waals surface area contributed by atoms with Crippen molar-refractivity contribution in [1.29, 1.82) is 0 Å². The number of rotatable bonds is 3. The summed E-state index contributed by atoms with van der Waals surface area (Å²) in [4.78, 5) is 13.6. The third kappa shape index (κ3) is 4.54. The van der Waals surface area contributed by atoms with Crippen molar-refractivity contribution in [2.75, 3.05) is 7.05 Å². The average Bonchev–Trinajstić information content (AvgIpc) is 2.83. The van der Waals surface area contributed by atoms with Crippen LogP contribution in [0.4, 0.5) is 0 Å². The van der Waals surface area contributed by atoms with Crippen LogP contribution in [0, 0.1) is 0 Å². The molecule has 0 radical (unpaired) electrons. The molecule has 1 amide bonds. The molecule has 1 aliphatic heterocycles. The number of amides is 1. The first kappa shape index (κ1) is 19.8. The Hall–Kier alpha value is -2.55. The molecular formula is C23H30N2O.